The van der Waals surface area contributed by atoms with Crippen LogP contribution in [0.15, 0.2) is 41.2 Å². The molecule has 1 aromatic carbocycles. The van der Waals surface area contributed by atoms with E-state index in [1.54, 1.807) is 7.05 Å². The van der Waals surface area contributed by atoms with E-state index < -0.39 is 18.2 Å². The fourth-order valence-corrected chi connectivity index (χ4v) is 4.91. The van der Waals surface area contributed by atoms with Gasteiger partial charge in [-0.05, 0) is 24.6 Å². The number of urea groups is 1. The molecule has 10 heteroatoms. The van der Waals surface area contributed by atoms with Crippen molar-refractivity contribution in [3.05, 3.63) is 46.7 Å². The number of carbonyl (C=O) groups is 2. The number of amides is 3. The Balaban J connectivity index is 1.16. The van der Waals surface area contributed by atoms with Crippen LogP contribution < -0.4 is 5.32 Å². The van der Waals surface area contributed by atoms with Crippen LogP contribution >= 0.6 is 11.6 Å². The molecule has 1 N–H and O–H groups in total. The van der Waals surface area contributed by atoms with Gasteiger partial charge in [-0.1, -0.05) is 23.7 Å². The summed E-state index contributed by atoms with van der Waals surface area (Å²) in [5.74, 6) is 0.468. The second-order valence-electron chi connectivity index (χ2n) is 8.77. The first-order chi connectivity index (χ1) is 15.4. The van der Waals surface area contributed by atoms with Gasteiger partial charge in [0.2, 0.25) is 5.96 Å². The topological polar surface area (TPSA) is 74.7 Å². The average molecular weight is 458 g/mol. The highest BCUT2D eigenvalue weighted by Gasteiger charge is 2.51. The number of benzene rings is 1. The first-order valence-corrected chi connectivity index (χ1v) is 11.4. The Morgan fingerprint density at radius 3 is 2.47 bits per heavy atom. The van der Waals surface area contributed by atoms with Gasteiger partial charge < -0.3 is 14.7 Å². The number of nitrogens with zero attached hydrogens (tertiary/aromatic N) is 6. The number of halogens is 1. The molecule has 0 aliphatic carbocycles. The lowest BCUT2D eigenvalue weighted by molar-refractivity contribution is -0.126. The molecule has 4 aliphatic heterocycles. The lowest BCUT2D eigenvalue weighted by atomic mass is 10.1. The molecule has 0 radical (unpaired) electrons. The van der Waals surface area contributed by atoms with Crippen molar-refractivity contribution in [1.82, 2.24) is 29.8 Å². The molecule has 2 fully saturated rings. The molecule has 32 heavy (non-hydrogen) atoms. The number of allylic oxidation sites excluding steroid dienone is 1. The third kappa shape index (κ3) is 3.85. The molecule has 170 valence electrons. The third-order valence-electron chi connectivity index (χ3n) is 6.69. The van der Waals surface area contributed by atoms with Gasteiger partial charge in [-0.15, -0.1) is 0 Å². The van der Waals surface area contributed by atoms with Crippen LogP contribution in [-0.4, -0.2) is 101 Å². The van der Waals surface area contributed by atoms with Gasteiger partial charge in [0.15, 0.2) is 12.2 Å². The Hall–Kier alpha value is -2.62. The maximum absolute atomic E-state index is 12.4. The van der Waals surface area contributed by atoms with E-state index in [1.165, 1.54) is 10.5 Å². The van der Waals surface area contributed by atoms with Crippen LogP contribution in [0.3, 0.4) is 0 Å². The summed E-state index contributed by atoms with van der Waals surface area (Å²) in [7, 11) is 1.68. The first-order valence-electron chi connectivity index (χ1n) is 11.0. The number of rotatable bonds is 5. The SMILES string of the molecule is CC1=CN2C(=NC3C2C(=O)NC(=O)N3C)N1CCN1CCN(Cc2ccc(Cl)cc2)CC1. The second-order valence-corrected chi connectivity index (χ2v) is 9.20. The number of hydrogen-bond donors (Lipinski definition) is 1. The number of fused-ring (bicyclic) bond motifs is 3. The summed E-state index contributed by atoms with van der Waals surface area (Å²) >= 11 is 5.99. The molecule has 2 unspecified atom stereocenters. The number of likely N-dealkylation sites (N-methyl/N-ethyl adjacent to an activating group) is 1. The van der Waals surface area contributed by atoms with Gasteiger partial charge in [0, 0.05) is 69.8 Å². The first kappa shape index (κ1) is 21.2. The Labute approximate surface area is 192 Å². The molecule has 3 amide bonds. The zero-order valence-corrected chi connectivity index (χ0v) is 19.1. The molecule has 9 nitrogen and oxygen atoms in total. The fourth-order valence-electron chi connectivity index (χ4n) is 4.78. The zero-order valence-electron chi connectivity index (χ0n) is 18.4. The number of guanidine groups is 1. The number of imide groups is 1. The van der Waals surface area contributed by atoms with Crippen molar-refractivity contribution >= 4 is 29.5 Å². The molecule has 2 saturated heterocycles. The molecule has 1 aromatic rings. The lowest BCUT2D eigenvalue weighted by Crippen LogP contribution is -2.62. The zero-order chi connectivity index (χ0) is 22.4. The molecule has 0 aromatic heterocycles. The minimum Gasteiger partial charge on any atom is -0.313 e. The Morgan fingerprint density at radius 1 is 1.06 bits per heavy atom. The number of aliphatic imine (C=N–C) groups is 1. The van der Waals surface area contributed by atoms with E-state index in [4.69, 9.17) is 16.6 Å². The number of piperazine rings is 1. The van der Waals surface area contributed by atoms with Crippen molar-refractivity contribution in [1.29, 1.82) is 0 Å². The van der Waals surface area contributed by atoms with Crippen molar-refractivity contribution in [2.75, 3.05) is 46.3 Å². The van der Waals surface area contributed by atoms with Crippen molar-refractivity contribution in [2.45, 2.75) is 25.7 Å². The van der Waals surface area contributed by atoms with Crippen LogP contribution in [0.2, 0.25) is 5.02 Å². The van der Waals surface area contributed by atoms with Crippen molar-refractivity contribution in [3.63, 3.8) is 0 Å². The fraction of sp³-hybridized carbons (Fsp3) is 0.500. The molecule has 0 bridgehead atoms. The molecular formula is C22H28ClN7O2. The summed E-state index contributed by atoms with van der Waals surface area (Å²) in [6.07, 6.45) is 1.49. The van der Waals surface area contributed by atoms with Crippen LogP contribution in [-0.2, 0) is 11.3 Å². The number of carbonyl (C=O) groups excluding carboxylic acids is 2. The van der Waals surface area contributed by atoms with Crippen molar-refractivity contribution < 1.29 is 9.59 Å². The smallest absolute Gasteiger partial charge is 0.313 e. The van der Waals surface area contributed by atoms with E-state index in [-0.39, 0.29) is 5.91 Å². The van der Waals surface area contributed by atoms with Crippen molar-refractivity contribution in [3.8, 4) is 0 Å². The Kier molecular flexibility index (Phi) is 5.56. The number of hydrogen-bond acceptors (Lipinski definition) is 7. The van der Waals surface area contributed by atoms with Gasteiger partial charge in [0.1, 0.15) is 0 Å². The molecule has 0 saturated carbocycles. The van der Waals surface area contributed by atoms with Gasteiger partial charge in [-0.25, -0.2) is 9.79 Å². The molecule has 2 atom stereocenters. The third-order valence-corrected chi connectivity index (χ3v) is 6.95. The summed E-state index contributed by atoms with van der Waals surface area (Å²) < 4.78 is 0. The predicted molar refractivity (Wildman–Crippen MR) is 122 cm³/mol. The predicted octanol–water partition coefficient (Wildman–Crippen LogP) is 1.18. The lowest BCUT2D eigenvalue weighted by Gasteiger charge is -2.35. The summed E-state index contributed by atoms with van der Waals surface area (Å²) in [5, 5.41) is 3.19. The standard InChI is InChI=1S/C22H28ClN7O2/c1-15-13-30-18-19(26(2)22(32)25-20(18)31)24-21(30)29(15)12-11-27-7-9-28(10-8-27)14-16-3-5-17(23)6-4-16/h3-6,13,18-19H,7-12,14H2,1-2H3,(H,25,31,32). The van der Waals surface area contributed by atoms with Crippen LogP contribution in [0.5, 0.6) is 0 Å². The molecule has 5 rings (SSSR count). The quantitative estimate of drug-likeness (QED) is 0.715. The largest absolute Gasteiger partial charge is 0.325 e. The molecular weight excluding hydrogens is 430 g/mol. The van der Waals surface area contributed by atoms with E-state index in [9.17, 15) is 9.59 Å². The van der Waals surface area contributed by atoms with Crippen LogP contribution in [0, 0.1) is 0 Å². The second kappa shape index (κ2) is 8.38. The van der Waals surface area contributed by atoms with E-state index in [0.717, 1.165) is 62.5 Å². The van der Waals surface area contributed by atoms with Crippen LogP contribution in [0.25, 0.3) is 0 Å². The monoisotopic (exact) mass is 457 g/mol. The van der Waals surface area contributed by atoms with Crippen molar-refractivity contribution in [2.24, 2.45) is 4.99 Å². The molecule has 0 spiro atoms. The van der Waals surface area contributed by atoms with E-state index in [1.807, 2.05) is 30.2 Å². The average Bonchev–Trinajstić information content (AvgIpc) is 3.28. The van der Waals surface area contributed by atoms with E-state index in [2.05, 4.69) is 32.1 Å². The highest BCUT2D eigenvalue weighted by Crippen LogP contribution is 2.31. The molecule has 4 heterocycles. The van der Waals surface area contributed by atoms with E-state index in [0.29, 0.717) is 0 Å². The number of nitrogens with one attached hydrogen (secondary N) is 1. The maximum Gasteiger partial charge on any atom is 0.325 e. The normalized spacial score (nSPS) is 26.2. The minimum atomic E-state index is -0.496. The van der Waals surface area contributed by atoms with Gasteiger partial charge in [-0.3, -0.25) is 19.9 Å². The van der Waals surface area contributed by atoms with Crippen LogP contribution in [0.1, 0.15) is 12.5 Å². The summed E-state index contributed by atoms with van der Waals surface area (Å²) in [6, 6.07) is 7.18. The van der Waals surface area contributed by atoms with Crippen LogP contribution in [0.4, 0.5) is 4.79 Å². The summed E-state index contributed by atoms with van der Waals surface area (Å²) in [5.41, 5.74) is 2.35. The minimum absolute atomic E-state index is 0.292. The highest BCUT2D eigenvalue weighted by atomic mass is 35.5. The van der Waals surface area contributed by atoms with Gasteiger partial charge in [0.05, 0.1) is 0 Å². The maximum atomic E-state index is 12.4. The summed E-state index contributed by atoms with van der Waals surface area (Å²) in [4.78, 5) is 39.6. The summed E-state index contributed by atoms with van der Waals surface area (Å²) in [6.45, 7) is 8.80. The van der Waals surface area contributed by atoms with Gasteiger partial charge >= 0.3 is 6.03 Å². The van der Waals surface area contributed by atoms with Gasteiger partial charge in [0.25, 0.3) is 5.91 Å². The van der Waals surface area contributed by atoms with Gasteiger partial charge in [-0.2, -0.15) is 0 Å². The Bertz CT molecular complexity index is 971. The molecule has 4 aliphatic rings. The highest BCUT2D eigenvalue weighted by molar-refractivity contribution is 6.30. The Morgan fingerprint density at radius 2 is 1.75 bits per heavy atom. The van der Waals surface area contributed by atoms with E-state index >= 15 is 0 Å².